The molecule has 0 unspecified atom stereocenters. The molecule has 2 N–H and O–H groups in total. The fourth-order valence-corrected chi connectivity index (χ4v) is 17.5. The number of alkyl halides is 2. The molecule has 1 fully saturated rings. The quantitative estimate of drug-likeness (QED) is 0.0596. The number of rotatable bonds is 22. The third-order valence-corrected chi connectivity index (χ3v) is 23.9. The first-order valence-corrected chi connectivity index (χ1v) is 40.1. The van der Waals surface area contributed by atoms with Gasteiger partial charge in [0, 0.05) is 85.2 Å². The number of aromatic nitrogens is 5. The van der Waals surface area contributed by atoms with Gasteiger partial charge in [-0.05, 0) is 154 Å². The van der Waals surface area contributed by atoms with E-state index in [2.05, 4.69) is 48.4 Å². The molecule has 0 aliphatic carbocycles. The van der Waals surface area contributed by atoms with Crippen LogP contribution in [0.5, 0.6) is 40.2 Å². The average molecular weight is 1580 g/mol. The molecule has 3 aliphatic rings. The fraction of sp³-hybridized carbons (Fsp3) is 0.253. The summed E-state index contributed by atoms with van der Waals surface area (Å²) in [6.07, 6.45) is 4.68. The summed E-state index contributed by atoms with van der Waals surface area (Å²) in [6, 6.07) is 48.0. The molecule has 31 heteroatoms. The number of halogens is 2. The highest BCUT2D eigenvalue weighted by Gasteiger charge is 2.36. The SMILES string of the molecule is COc1ccc(CCCC(=O)c2nn(C)c3c2CS(=O)(=O)c2ccccc2-3)cc1OC.COc1ccc(Nc2ncnc3ccc(C)cc23)cc1.Cc1ccc(OCC(=O)N2CCN(S(=O)(=O)c3ccc4c(c3)OCCO4)CC2)c(C)c1.O=C(Nc1ccc(S(=O)(=O)Cc2nccs2)cc1)c1ccccc1OC(F)F. The third-order valence-electron chi connectivity index (χ3n) is 17.7. The summed E-state index contributed by atoms with van der Waals surface area (Å²) in [7, 11) is -4.19. The molecule has 0 spiro atoms. The second-order valence-corrected chi connectivity index (χ2v) is 32.2. The number of fused-ring (bicyclic) bond motifs is 5. The zero-order valence-corrected chi connectivity index (χ0v) is 64.3. The first-order chi connectivity index (χ1) is 52.8. The van der Waals surface area contributed by atoms with Crippen LogP contribution < -0.4 is 43.8 Å². The number of piperazine rings is 1. The summed E-state index contributed by atoms with van der Waals surface area (Å²) in [5, 5.41) is 13.4. The van der Waals surface area contributed by atoms with Gasteiger partial charge in [0.05, 0.1) is 58.5 Å². The lowest BCUT2D eigenvalue weighted by molar-refractivity contribution is -0.134. The number of ether oxygens (including phenoxy) is 7. The summed E-state index contributed by atoms with van der Waals surface area (Å²) in [5.74, 6) is 2.97. The van der Waals surface area contributed by atoms with Crippen molar-refractivity contribution in [2.24, 2.45) is 7.05 Å². The molecule has 0 saturated carbocycles. The van der Waals surface area contributed by atoms with E-state index in [1.807, 2.05) is 86.6 Å². The van der Waals surface area contributed by atoms with Crippen molar-refractivity contribution in [3.05, 3.63) is 232 Å². The van der Waals surface area contributed by atoms with E-state index in [0.717, 1.165) is 44.8 Å². The topological polar surface area (TPSA) is 305 Å². The van der Waals surface area contributed by atoms with E-state index in [1.54, 1.807) is 80.0 Å². The highest BCUT2D eigenvalue weighted by Crippen LogP contribution is 2.40. The van der Waals surface area contributed by atoms with Crippen LogP contribution in [0.4, 0.5) is 26.0 Å². The molecule has 0 radical (unpaired) electrons. The molecule has 3 aromatic heterocycles. The fourth-order valence-electron chi connectivity index (χ4n) is 12.2. The lowest BCUT2D eigenvalue weighted by Gasteiger charge is -2.34. The Morgan fingerprint density at radius 3 is 2.07 bits per heavy atom. The number of carbonyl (C=O) groups is 3. The first-order valence-electron chi connectivity index (χ1n) is 34.5. The first kappa shape index (κ1) is 79.7. The van der Waals surface area contributed by atoms with E-state index in [9.17, 15) is 48.4 Å². The zero-order valence-electron chi connectivity index (χ0n) is 61.0. The van der Waals surface area contributed by atoms with Gasteiger partial charge in [-0.3, -0.25) is 19.1 Å². The number of ketones is 1. The smallest absolute Gasteiger partial charge is 0.387 e. The molecule has 11 aromatic rings. The van der Waals surface area contributed by atoms with Gasteiger partial charge in [-0.25, -0.2) is 40.2 Å². The van der Waals surface area contributed by atoms with Crippen LogP contribution in [0, 0.1) is 20.8 Å². The number of anilines is 3. The van der Waals surface area contributed by atoms with Gasteiger partial charge in [-0.15, -0.1) is 11.3 Å². The zero-order chi connectivity index (χ0) is 78.3. The highest BCUT2D eigenvalue weighted by atomic mass is 32.2. The molecule has 0 atom stereocenters. The Morgan fingerprint density at radius 1 is 0.682 bits per heavy atom. The highest BCUT2D eigenvalue weighted by molar-refractivity contribution is 7.91. The van der Waals surface area contributed by atoms with Crippen molar-refractivity contribution in [2.45, 2.75) is 72.8 Å². The van der Waals surface area contributed by atoms with Crippen LogP contribution in [-0.2, 0) is 59.5 Å². The predicted octanol–water partition coefficient (Wildman–Crippen LogP) is 13.2. The summed E-state index contributed by atoms with van der Waals surface area (Å²) < 4.78 is 141. The van der Waals surface area contributed by atoms with E-state index in [0.29, 0.717) is 95.4 Å². The normalized spacial score (nSPS) is 13.5. The number of Topliss-reactive ketones (excluding diaryl/α,β-unsaturated/α-hetero) is 1. The molecule has 2 amide bonds. The Balaban J connectivity index is 0.000000147. The standard InChI is InChI=1S/C23H24N2O5S.C22H26N2O6S.C18H14F2N2O4S2.C16H15N3O/c1-25-23-16-8-4-5-10-21(16)31(27,28)14-17(23)22(24-25)18(26)9-6-7-15-11-12-19(29-2)20(13-15)30-3;1-16-3-5-19(17(2)13-16)30-15-22(25)23-7-9-24(10-8-23)31(26,27)18-4-6-20-21(14-18)29-12-11-28-20;19-18(20)26-15-4-2-1-3-14(15)17(23)22-12-5-7-13(8-6-12)28(24,25)11-16-21-9-10-27-16;1-11-3-8-15-14(9-11)16(18-10-17-15)19-12-4-6-13(20-2)7-5-12/h4-5,8,10-13H,6-7,9,14H2,1-3H3;3-6,13-14H,7-12,15H2,1-2H3;1-10,18H,11H2,(H,22,23);3-10H,1-2H3,(H,17,18,19). The number of benzene rings is 8. The molecule has 14 rings (SSSR count). The Hall–Kier alpha value is -11.4. The van der Waals surface area contributed by atoms with Crippen molar-refractivity contribution in [3.8, 4) is 51.5 Å². The van der Waals surface area contributed by atoms with Crippen LogP contribution >= 0.6 is 11.3 Å². The number of hydrogen-bond donors (Lipinski definition) is 2. The van der Waals surface area contributed by atoms with Gasteiger partial charge < -0.3 is 48.7 Å². The second-order valence-electron chi connectivity index (χ2n) is 25.3. The maximum atomic E-state index is 13.0. The molecular weight excluding hydrogens is 1500 g/mol. The molecule has 574 valence electrons. The lowest BCUT2D eigenvalue weighted by Crippen LogP contribution is -2.51. The molecule has 1 saturated heterocycles. The largest absolute Gasteiger partial charge is 0.497 e. The van der Waals surface area contributed by atoms with E-state index in [-0.39, 0.29) is 81.0 Å². The Morgan fingerprint density at radius 2 is 1.36 bits per heavy atom. The maximum absolute atomic E-state index is 13.0. The van der Waals surface area contributed by atoms with Crippen molar-refractivity contribution in [1.29, 1.82) is 0 Å². The number of sulfone groups is 2. The summed E-state index contributed by atoms with van der Waals surface area (Å²) in [4.78, 5) is 52.6. The summed E-state index contributed by atoms with van der Waals surface area (Å²) >= 11 is 1.25. The van der Waals surface area contributed by atoms with Crippen molar-refractivity contribution in [1.82, 2.24) is 33.9 Å². The lowest BCUT2D eigenvalue weighted by atomic mass is 10.0. The van der Waals surface area contributed by atoms with Crippen molar-refractivity contribution in [3.63, 3.8) is 0 Å². The van der Waals surface area contributed by atoms with Gasteiger partial charge in [-0.1, -0.05) is 65.7 Å². The van der Waals surface area contributed by atoms with Crippen LogP contribution in [0.15, 0.2) is 202 Å². The summed E-state index contributed by atoms with van der Waals surface area (Å²) in [6.45, 7) is 4.80. The van der Waals surface area contributed by atoms with Crippen molar-refractivity contribution in [2.75, 3.05) is 78.0 Å². The number of aryl methyl sites for hydroxylation is 5. The van der Waals surface area contributed by atoms with Crippen LogP contribution in [0.2, 0.25) is 0 Å². The monoisotopic (exact) mass is 1580 g/mol. The molecule has 25 nitrogen and oxygen atoms in total. The van der Waals surface area contributed by atoms with Crippen LogP contribution in [0.25, 0.3) is 22.2 Å². The molecule has 3 aliphatic heterocycles. The van der Waals surface area contributed by atoms with Crippen molar-refractivity contribution >= 4 is 86.7 Å². The molecule has 0 bridgehead atoms. The molecule has 110 heavy (non-hydrogen) atoms. The molecular formula is C79H79F2N9O16S4. The van der Waals surface area contributed by atoms with Crippen LogP contribution in [0.1, 0.15) is 66.5 Å². The second kappa shape index (κ2) is 35.8. The Labute approximate surface area is 639 Å². The number of nitrogens with zero attached hydrogens (tertiary/aromatic N) is 7. The predicted molar refractivity (Wildman–Crippen MR) is 412 cm³/mol. The minimum absolute atomic E-state index is 0.0664. The van der Waals surface area contributed by atoms with Crippen LogP contribution in [0.3, 0.4) is 0 Å². The Bertz CT molecular complexity index is 5480. The van der Waals surface area contributed by atoms with Gasteiger partial charge in [0.25, 0.3) is 11.8 Å². The average Bonchev–Trinajstić information content (AvgIpc) is 1.54. The minimum atomic E-state index is -3.68. The van der Waals surface area contributed by atoms with Crippen LogP contribution in [-0.4, -0.2) is 151 Å². The van der Waals surface area contributed by atoms with Gasteiger partial charge >= 0.3 is 6.61 Å². The van der Waals surface area contributed by atoms with Gasteiger partial charge in [0.1, 0.15) is 59.1 Å². The van der Waals surface area contributed by atoms with Gasteiger partial charge in [0.15, 0.2) is 55.1 Å². The van der Waals surface area contributed by atoms with E-state index in [4.69, 9.17) is 28.4 Å². The third kappa shape index (κ3) is 19.7. The van der Waals surface area contributed by atoms with Gasteiger partial charge in [-0.2, -0.15) is 18.2 Å². The molecule has 8 aromatic carbocycles. The van der Waals surface area contributed by atoms with Gasteiger partial charge in [0.2, 0.25) is 10.0 Å². The van der Waals surface area contributed by atoms with E-state index >= 15 is 0 Å². The Kier molecular flexibility index (Phi) is 25.9. The summed E-state index contributed by atoms with van der Waals surface area (Å²) in [5.41, 5.74) is 8.52. The number of nitrogens with one attached hydrogen (secondary N) is 2. The number of thiazole rings is 1. The number of amides is 2. The minimum Gasteiger partial charge on any atom is -0.497 e. The van der Waals surface area contributed by atoms with E-state index < -0.39 is 42.2 Å². The van der Waals surface area contributed by atoms with E-state index in [1.165, 1.54) is 88.1 Å². The number of carbonyl (C=O) groups excluding carboxylic acids is 3. The molecule has 6 heterocycles. The number of hydrogen-bond acceptors (Lipinski definition) is 22. The number of para-hydroxylation sites is 1. The van der Waals surface area contributed by atoms with Crippen molar-refractivity contribution < 1.29 is 81.6 Å². The maximum Gasteiger partial charge on any atom is 0.387 e. The number of methoxy groups -OCH3 is 3. The number of sulfonamides is 1.